The second-order valence-corrected chi connectivity index (χ2v) is 8.63. The van der Waals surface area contributed by atoms with E-state index in [0.29, 0.717) is 12.0 Å². The van der Waals surface area contributed by atoms with Gasteiger partial charge in [0.15, 0.2) is 0 Å². The third-order valence-electron chi connectivity index (χ3n) is 6.03. The Bertz CT molecular complexity index is 791. The zero-order chi connectivity index (χ0) is 18.8. The lowest BCUT2D eigenvalue weighted by Crippen LogP contribution is -2.44. The zero-order valence-corrected chi connectivity index (χ0v) is 16.7. The van der Waals surface area contributed by atoms with Crippen molar-refractivity contribution in [1.29, 1.82) is 0 Å². The number of imidazole rings is 1. The Kier molecular flexibility index (Phi) is 5.37. The number of hydrogen-bond acceptors (Lipinski definition) is 3. The van der Waals surface area contributed by atoms with Gasteiger partial charge in [0.2, 0.25) is 11.9 Å². The summed E-state index contributed by atoms with van der Waals surface area (Å²) >= 11 is 0. The van der Waals surface area contributed by atoms with Gasteiger partial charge in [0.05, 0.1) is 17.0 Å². The quantitative estimate of drug-likeness (QED) is 0.863. The van der Waals surface area contributed by atoms with E-state index in [-0.39, 0.29) is 11.8 Å². The largest absolute Gasteiger partial charge is 0.356 e. The summed E-state index contributed by atoms with van der Waals surface area (Å²) in [6, 6.07) is 9.03. The molecule has 5 heteroatoms. The van der Waals surface area contributed by atoms with E-state index in [1.165, 1.54) is 31.2 Å². The Balaban J connectivity index is 1.59. The lowest BCUT2D eigenvalue weighted by molar-refractivity contribution is -0.125. The molecule has 146 valence electrons. The van der Waals surface area contributed by atoms with Gasteiger partial charge in [-0.3, -0.25) is 4.79 Å². The van der Waals surface area contributed by atoms with Crippen LogP contribution in [-0.4, -0.2) is 35.1 Å². The summed E-state index contributed by atoms with van der Waals surface area (Å²) in [5.74, 6) is 1.83. The number of aromatic nitrogens is 2. The third kappa shape index (κ3) is 3.83. The number of carbonyl (C=O) groups excluding carboxylic acids is 1. The highest BCUT2D eigenvalue weighted by Gasteiger charge is 2.31. The minimum Gasteiger partial charge on any atom is -0.356 e. The monoisotopic (exact) mass is 368 g/mol. The molecule has 0 unspecified atom stereocenters. The average molecular weight is 369 g/mol. The molecule has 1 atom stereocenters. The van der Waals surface area contributed by atoms with Crippen molar-refractivity contribution in [3.8, 4) is 0 Å². The SMILES string of the molecule is CC(C)CNC(=O)[C@@H]1CCCN(c2nc3ccccc3n2C2CCCC2)C1. The van der Waals surface area contributed by atoms with Crippen LogP contribution in [0.4, 0.5) is 5.95 Å². The van der Waals surface area contributed by atoms with Gasteiger partial charge < -0.3 is 14.8 Å². The van der Waals surface area contributed by atoms with Gasteiger partial charge in [0.25, 0.3) is 0 Å². The Morgan fingerprint density at radius 1 is 1.19 bits per heavy atom. The van der Waals surface area contributed by atoms with Gasteiger partial charge >= 0.3 is 0 Å². The van der Waals surface area contributed by atoms with Crippen molar-refractivity contribution in [3.63, 3.8) is 0 Å². The molecule has 1 N–H and O–H groups in total. The number of fused-ring (bicyclic) bond motifs is 1. The van der Waals surface area contributed by atoms with E-state index in [4.69, 9.17) is 4.98 Å². The molecule has 0 spiro atoms. The summed E-state index contributed by atoms with van der Waals surface area (Å²) in [6.07, 6.45) is 7.10. The van der Waals surface area contributed by atoms with Gasteiger partial charge in [-0.15, -0.1) is 0 Å². The average Bonchev–Trinajstić information content (AvgIpc) is 3.33. The van der Waals surface area contributed by atoms with Crippen LogP contribution < -0.4 is 10.2 Å². The molecule has 1 aliphatic carbocycles. The third-order valence-corrected chi connectivity index (χ3v) is 6.03. The number of benzene rings is 1. The summed E-state index contributed by atoms with van der Waals surface area (Å²) in [7, 11) is 0. The molecule has 2 aromatic rings. The molecule has 0 radical (unpaired) electrons. The summed E-state index contributed by atoms with van der Waals surface area (Å²) in [6.45, 7) is 6.80. The number of hydrogen-bond donors (Lipinski definition) is 1. The van der Waals surface area contributed by atoms with E-state index < -0.39 is 0 Å². The summed E-state index contributed by atoms with van der Waals surface area (Å²) in [5.41, 5.74) is 2.32. The number of piperidine rings is 1. The van der Waals surface area contributed by atoms with Crippen LogP contribution in [0.3, 0.4) is 0 Å². The van der Waals surface area contributed by atoms with Crippen LogP contribution in [0.5, 0.6) is 0 Å². The van der Waals surface area contributed by atoms with Gasteiger partial charge in [-0.05, 0) is 43.7 Å². The number of rotatable bonds is 5. The summed E-state index contributed by atoms with van der Waals surface area (Å²) in [4.78, 5) is 20.0. The molecule has 2 fully saturated rings. The molecule has 2 aliphatic rings. The second kappa shape index (κ2) is 7.91. The zero-order valence-electron chi connectivity index (χ0n) is 16.7. The van der Waals surface area contributed by atoms with Crippen molar-refractivity contribution in [2.75, 3.05) is 24.5 Å². The molecule has 1 saturated heterocycles. The van der Waals surface area contributed by atoms with E-state index in [0.717, 1.165) is 43.9 Å². The molecule has 4 rings (SSSR count). The smallest absolute Gasteiger partial charge is 0.224 e. The highest BCUT2D eigenvalue weighted by atomic mass is 16.1. The molecule has 1 saturated carbocycles. The Morgan fingerprint density at radius 2 is 1.96 bits per heavy atom. The number of nitrogens with one attached hydrogen (secondary N) is 1. The van der Waals surface area contributed by atoms with Gasteiger partial charge in [-0.2, -0.15) is 0 Å². The van der Waals surface area contributed by atoms with Gasteiger partial charge in [0, 0.05) is 25.7 Å². The molecule has 1 aromatic heterocycles. The van der Waals surface area contributed by atoms with Gasteiger partial charge in [-0.1, -0.05) is 38.8 Å². The lowest BCUT2D eigenvalue weighted by Gasteiger charge is -2.34. The van der Waals surface area contributed by atoms with Crippen molar-refractivity contribution < 1.29 is 4.79 Å². The Morgan fingerprint density at radius 3 is 2.74 bits per heavy atom. The van der Waals surface area contributed by atoms with E-state index in [1.54, 1.807) is 0 Å². The van der Waals surface area contributed by atoms with E-state index in [1.807, 2.05) is 0 Å². The van der Waals surface area contributed by atoms with E-state index in [2.05, 4.69) is 52.9 Å². The van der Waals surface area contributed by atoms with Crippen molar-refractivity contribution in [2.24, 2.45) is 11.8 Å². The topological polar surface area (TPSA) is 50.2 Å². The molecule has 1 amide bonds. The first-order chi connectivity index (χ1) is 13.1. The molecule has 5 nitrogen and oxygen atoms in total. The maximum absolute atomic E-state index is 12.6. The van der Waals surface area contributed by atoms with Crippen molar-refractivity contribution in [2.45, 2.75) is 58.4 Å². The second-order valence-electron chi connectivity index (χ2n) is 8.63. The van der Waals surface area contributed by atoms with Crippen LogP contribution >= 0.6 is 0 Å². The van der Waals surface area contributed by atoms with Crippen molar-refractivity contribution in [3.05, 3.63) is 24.3 Å². The van der Waals surface area contributed by atoms with Crippen molar-refractivity contribution >= 4 is 22.9 Å². The molecule has 2 heterocycles. The fourth-order valence-corrected chi connectivity index (χ4v) is 4.60. The Hall–Kier alpha value is -2.04. The molecule has 1 aliphatic heterocycles. The molecular formula is C22H32N4O. The first kappa shape index (κ1) is 18.3. The molecule has 0 bridgehead atoms. The maximum atomic E-state index is 12.6. The van der Waals surface area contributed by atoms with Crippen molar-refractivity contribution in [1.82, 2.24) is 14.9 Å². The number of anilines is 1. The standard InChI is InChI=1S/C22H32N4O/c1-16(2)14-23-21(27)17-8-7-13-25(15-17)22-24-19-11-5-6-12-20(19)26(22)18-9-3-4-10-18/h5-6,11-12,16-18H,3-4,7-10,13-15H2,1-2H3,(H,23,27)/t17-/m1/s1. The van der Waals surface area contributed by atoms with E-state index in [9.17, 15) is 4.79 Å². The van der Waals surface area contributed by atoms with E-state index >= 15 is 0 Å². The van der Waals surface area contributed by atoms with Crippen LogP contribution in [0.1, 0.15) is 58.4 Å². The minimum atomic E-state index is 0.0642. The first-order valence-electron chi connectivity index (χ1n) is 10.6. The summed E-state index contributed by atoms with van der Waals surface area (Å²) < 4.78 is 2.47. The predicted molar refractivity (Wildman–Crippen MR) is 110 cm³/mol. The number of para-hydroxylation sites is 2. The number of carbonyl (C=O) groups is 1. The lowest BCUT2D eigenvalue weighted by atomic mass is 9.97. The van der Waals surface area contributed by atoms with Crippen LogP contribution in [0.2, 0.25) is 0 Å². The van der Waals surface area contributed by atoms with Crippen LogP contribution in [0.15, 0.2) is 24.3 Å². The molecular weight excluding hydrogens is 336 g/mol. The van der Waals surface area contributed by atoms with Gasteiger partial charge in [-0.25, -0.2) is 4.98 Å². The predicted octanol–water partition coefficient (Wildman–Crippen LogP) is 4.14. The number of amides is 1. The molecule has 1 aromatic carbocycles. The molecule has 27 heavy (non-hydrogen) atoms. The first-order valence-corrected chi connectivity index (χ1v) is 10.6. The highest BCUT2D eigenvalue weighted by molar-refractivity contribution is 5.81. The minimum absolute atomic E-state index is 0.0642. The van der Waals surface area contributed by atoms with Crippen LogP contribution in [0, 0.1) is 11.8 Å². The number of nitrogens with zero attached hydrogens (tertiary/aromatic N) is 3. The highest BCUT2D eigenvalue weighted by Crippen LogP contribution is 2.37. The fourth-order valence-electron chi connectivity index (χ4n) is 4.60. The Labute approximate surface area is 162 Å². The maximum Gasteiger partial charge on any atom is 0.224 e. The normalized spacial score (nSPS) is 21.3. The van der Waals surface area contributed by atoms with Crippen LogP contribution in [0.25, 0.3) is 11.0 Å². The summed E-state index contributed by atoms with van der Waals surface area (Å²) in [5, 5.41) is 3.13. The fraction of sp³-hybridized carbons (Fsp3) is 0.636. The van der Waals surface area contributed by atoms with Crippen LogP contribution in [-0.2, 0) is 4.79 Å². The van der Waals surface area contributed by atoms with Gasteiger partial charge in [0.1, 0.15) is 0 Å².